The fourth-order valence-corrected chi connectivity index (χ4v) is 2.15. The maximum atomic E-state index is 12.0. The Morgan fingerprint density at radius 2 is 2.00 bits per heavy atom. The second kappa shape index (κ2) is 7.07. The van der Waals surface area contributed by atoms with Crippen LogP contribution in [-0.4, -0.2) is 34.2 Å². The number of nitro benzene ring substituents is 1. The van der Waals surface area contributed by atoms with E-state index in [2.05, 4.69) is 5.32 Å². The van der Waals surface area contributed by atoms with E-state index >= 15 is 0 Å². The van der Waals surface area contributed by atoms with Gasteiger partial charge in [0.15, 0.2) is 0 Å². The first-order valence-corrected chi connectivity index (χ1v) is 7.36. The summed E-state index contributed by atoms with van der Waals surface area (Å²) in [5.74, 6) is -2.31. The van der Waals surface area contributed by atoms with Gasteiger partial charge in [-0.25, -0.2) is 0 Å². The first-order valence-electron chi connectivity index (χ1n) is 6.14. The molecule has 7 nitrogen and oxygen atoms in total. The first kappa shape index (κ1) is 17.0. The molecule has 1 aromatic rings. The monoisotopic (exact) mass is 312 g/mol. The number of thioether (sulfide) groups is 1. The van der Waals surface area contributed by atoms with E-state index in [1.165, 1.54) is 36.9 Å². The summed E-state index contributed by atoms with van der Waals surface area (Å²) in [5.41, 5.74) is -0.0157. The molecule has 114 valence electrons. The highest BCUT2D eigenvalue weighted by Gasteiger charge is 2.23. The van der Waals surface area contributed by atoms with Crippen molar-refractivity contribution in [3.63, 3.8) is 0 Å². The number of amides is 1. The molecule has 1 rings (SSSR count). The Bertz CT molecular complexity index is 576. The number of nitrogens with one attached hydrogen (secondary N) is 1. The van der Waals surface area contributed by atoms with Crippen molar-refractivity contribution >= 4 is 29.3 Å². The van der Waals surface area contributed by atoms with E-state index in [1.807, 2.05) is 0 Å². The fourth-order valence-electron chi connectivity index (χ4n) is 1.60. The number of carbonyl (C=O) groups is 2. The van der Waals surface area contributed by atoms with Gasteiger partial charge >= 0.3 is 5.97 Å². The number of nitrogens with zero attached hydrogens (tertiary/aromatic N) is 1. The van der Waals surface area contributed by atoms with Crippen LogP contribution in [0.25, 0.3) is 0 Å². The van der Waals surface area contributed by atoms with Crippen LogP contribution >= 0.6 is 11.8 Å². The molecule has 0 heterocycles. The minimum Gasteiger partial charge on any atom is -0.481 e. The van der Waals surface area contributed by atoms with Crippen molar-refractivity contribution in [1.82, 2.24) is 5.32 Å². The summed E-state index contributed by atoms with van der Waals surface area (Å²) in [7, 11) is 0. The van der Waals surface area contributed by atoms with Gasteiger partial charge in [0.2, 0.25) is 0 Å². The molecule has 8 heteroatoms. The van der Waals surface area contributed by atoms with Gasteiger partial charge in [-0.3, -0.25) is 19.7 Å². The number of carboxylic acid groups (broad SMARTS) is 1. The van der Waals surface area contributed by atoms with Gasteiger partial charge in [-0.15, -0.1) is 11.8 Å². The van der Waals surface area contributed by atoms with E-state index in [0.717, 1.165) is 0 Å². The van der Waals surface area contributed by atoms with Crippen LogP contribution in [0.2, 0.25) is 0 Å². The minimum absolute atomic E-state index is 0.129. The van der Waals surface area contributed by atoms with Gasteiger partial charge in [-0.2, -0.15) is 0 Å². The third kappa shape index (κ3) is 4.19. The maximum absolute atomic E-state index is 12.0. The average Bonchev–Trinajstić information content (AvgIpc) is 2.45. The zero-order valence-corrected chi connectivity index (χ0v) is 12.6. The third-order valence-electron chi connectivity index (χ3n) is 3.14. The lowest BCUT2D eigenvalue weighted by Crippen LogP contribution is -2.40. The summed E-state index contributed by atoms with van der Waals surface area (Å²) in [6, 6.07) is 3.59. The van der Waals surface area contributed by atoms with E-state index in [-0.39, 0.29) is 11.3 Å². The largest absolute Gasteiger partial charge is 0.481 e. The van der Waals surface area contributed by atoms with Crippen LogP contribution in [0.4, 0.5) is 5.69 Å². The normalized spacial score (nSPS) is 13.3. The predicted octanol–water partition coefficient (Wildman–Crippen LogP) is 2.16. The van der Waals surface area contributed by atoms with Gasteiger partial charge in [0.25, 0.3) is 11.6 Å². The zero-order valence-electron chi connectivity index (χ0n) is 11.8. The number of benzene rings is 1. The molecule has 0 spiro atoms. The van der Waals surface area contributed by atoms with E-state index < -0.39 is 28.8 Å². The van der Waals surface area contributed by atoms with Gasteiger partial charge in [0.1, 0.15) is 0 Å². The maximum Gasteiger partial charge on any atom is 0.308 e. The Kier molecular flexibility index (Phi) is 5.71. The van der Waals surface area contributed by atoms with E-state index in [0.29, 0.717) is 4.90 Å². The van der Waals surface area contributed by atoms with Crippen molar-refractivity contribution in [1.29, 1.82) is 0 Å². The summed E-state index contributed by atoms with van der Waals surface area (Å²) < 4.78 is 0. The molecule has 0 bridgehead atoms. The molecule has 2 atom stereocenters. The molecule has 2 N–H and O–H groups in total. The topological polar surface area (TPSA) is 110 Å². The van der Waals surface area contributed by atoms with Gasteiger partial charge in [-0.1, -0.05) is 0 Å². The Balaban J connectivity index is 2.96. The minimum atomic E-state index is -1.02. The number of hydrogen-bond donors (Lipinski definition) is 2. The average molecular weight is 312 g/mol. The molecular formula is C13H16N2O5S. The lowest BCUT2D eigenvalue weighted by molar-refractivity contribution is -0.387. The van der Waals surface area contributed by atoms with Crippen molar-refractivity contribution in [2.24, 2.45) is 5.92 Å². The molecule has 0 fully saturated rings. The molecule has 0 aliphatic rings. The van der Waals surface area contributed by atoms with Crippen LogP contribution in [0.3, 0.4) is 0 Å². The molecule has 0 radical (unpaired) electrons. The van der Waals surface area contributed by atoms with E-state index in [4.69, 9.17) is 5.11 Å². The van der Waals surface area contributed by atoms with Crippen LogP contribution in [0.5, 0.6) is 0 Å². The van der Waals surface area contributed by atoms with Crippen LogP contribution in [0, 0.1) is 16.0 Å². The van der Waals surface area contributed by atoms with Gasteiger partial charge in [0.05, 0.1) is 15.7 Å². The molecule has 0 saturated carbocycles. The molecule has 0 aliphatic carbocycles. The highest BCUT2D eigenvalue weighted by atomic mass is 32.2. The SMILES string of the molecule is CSc1ccc(C(=O)NC(C)C(C)C(=O)O)cc1[N+](=O)[O-]. The van der Waals surface area contributed by atoms with Crippen LogP contribution in [0.1, 0.15) is 24.2 Å². The molecule has 21 heavy (non-hydrogen) atoms. The Morgan fingerprint density at radius 3 is 2.48 bits per heavy atom. The zero-order chi connectivity index (χ0) is 16.2. The number of carboxylic acids is 1. The lowest BCUT2D eigenvalue weighted by Gasteiger charge is -2.17. The molecule has 1 aromatic carbocycles. The van der Waals surface area contributed by atoms with Crippen LogP contribution < -0.4 is 5.32 Å². The van der Waals surface area contributed by atoms with Gasteiger partial charge in [-0.05, 0) is 32.2 Å². The summed E-state index contributed by atoms with van der Waals surface area (Å²) in [6.07, 6.45) is 1.71. The second-order valence-corrected chi connectivity index (χ2v) is 5.38. The van der Waals surface area contributed by atoms with E-state index in [9.17, 15) is 19.7 Å². The summed E-state index contributed by atoms with van der Waals surface area (Å²) in [6.45, 7) is 3.05. The number of carbonyl (C=O) groups excluding carboxylic acids is 1. The predicted molar refractivity (Wildman–Crippen MR) is 78.6 cm³/mol. The Morgan fingerprint density at radius 1 is 1.38 bits per heavy atom. The molecule has 0 aromatic heterocycles. The highest BCUT2D eigenvalue weighted by molar-refractivity contribution is 7.98. The van der Waals surface area contributed by atoms with Gasteiger partial charge < -0.3 is 10.4 Å². The summed E-state index contributed by atoms with van der Waals surface area (Å²) in [5, 5.41) is 22.4. The van der Waals surface area contributed by atoms with Crippen molar-refractivity contribution in [3.05, 3.63) is 33.9 Å². The molecule has 0 aliphatic heterocycles. The molecule has 0 saturated heterocycles. The molecule has 1 amide bonds. The van der Waals surface area contributed by atoms with Crippen LogP contribution in [-0.2, 0) is 4.79 Å². The number of aliphatic carboxylic acids is 1. The van der Waals surface area contributed by atoms with E-state index in [1.54, 1.807) is 13.2 Å². The summed E-state index contributed by atoms with van der Waals surface area (Å²) in [4.78, 5) is 33.7. The first-order chi connectivity index (χ1) is 9.77. The van der Waals surface area contributed by atoms with Crippen molar-refractivity contribution in [3.8, 4) is 0 Å². The third-order valence-corrected chi connectivity index (χ3v) is 3.92. The molecule has 2 unspecified atom stereocenters. The Labute approximate surface area is 125 Å². The quantitative estimate of drug-likeness (QED) is 0.473. The number of nitro groups is 1. The van der Waals surface area contributed by atoms with Crippen LogP contribution in [0.15, 0.2) is 23.1 Å². The fraction of sp³-hybridized carbons (Fsp3) is 0.385. The second-order valence-electron chi connectivity index (χ2n) is 4.53. The molecular weight excluding hydrogens is 296 g/mol. The number of rotatable bonds is 6. The Hall–Kier alpha value is -2.09. The smallest absolute Gasteiger partial charge is 0.308 e. The summed E-state index contributed by atoms with van der Waals surface area (Å²) >= 11 is 1.22. The standard InChI is InChI=1S/C13H16N2O5S/c1-7(13(17)18)8(2)14-12(16)9-4-5-11(21-3)10(6-9)15(19)20/h4-8H,1-3H3,(H,14,16)(H,17,18). The van der Waals surface area contributed by atoms with Crippen molar-refractivity contribution in [2.45, 2.75) is 24.8 Å². The number of hydrogen-bond acceptors (Lipinski definition) is 5. The van der Waals surface area contributed by atoms with Crippen molar-refractivity contribution < 1.29 is 19.6 Å². The van der Waals surface area contributed by atoms with Gasteiger partial charge in [0, 0.05) is 17.7 Å². The van der Waals surface area contributed by atoms with Crippen molar-refractivity contribution in [2.75, 3.05) is 6.26 Å². The highest BCUT2D eigenvalue weighted by Crippen LogP contribution is 2.28. The lowest BCUT2D eigenvalue weighted by atomic mass is 10.0.